The maximum atomic E-state index is 5.98. The van der Waals surface area contributed by atoms with Gasteiger partial charge in [0.25, 0.3) is 0 Å². The van der Waals surface area contributed by atoms with E-state index in [4.69, 9.17) is 16.3 Å². The molecule has 3 rings (SSSR count). The molecule has 2 aromatic rings. The van der Waals surface area contributed by atoms with E-state index in [0.717, 1.165) is 36.2 Å². The molecule has 0 bridgehead atoms. The molecular formula is C18H24ClN3O. The second-order valence-electron chi connectivity index (χ2n) is 7.12. The molecule has 1 unspecified atom stereocenters. The fourth-order valence-electron chi connectivity index (χ4n) is 2.79. The van der Waals surface area contributed by atoms with Crippen LogP contribution in [0.2, 0.25) is 5.02 Å². The Morgan fingerprint density at radius 3 is 2.70 bits per heavy atom. The average molecular weight is 334 g/mol. The minimum atomic E-state index is 0.0712. The van der Waals surface area contributed by atoms with Gasteiger partial charge in [-0.15, -0.1) is 0 Å². The highest BCUT2D eigenvalue weighted by Crippen LogP contribution is 2.27. The van der Waals surface area contributed by atoms with Crippen molar-refractivity contribution in [1.29, 1.82) is 0 Å². The lowest BCUT2D eigenvalue weighted by Gasteiger charge is -2.34. The Labute approximate surface area is 142 Å². The van der Waals surface area contributed by atoms with E-state index in [-0.39, 0.29) is 11.5 Å². The Morgan fingerprint density at radius 1 is 1.30 bits per heavy atom. The summed E-state index contributed by atoms with van der Waals surface area (Å²) in [7, 11) is 0. The second-order valence-corrected chi connectivity index (χ2v) is 7.56. The number of ether oxygens (including phenoxy) is 1. The lowest BCUT2D eigenvalue weighted by atomic mass is 9.93. The monoisotopic (exact) mass is 333 g/mol. The number of nitrogens with zero attached hydrogens (tertiary/aromatic N) is 2. The zero-order chi connectivity index (χ0) is 16.4. The van der Waals surface area contributed by atoms with E-state index in [1.54, 1.807) is 0 Å². The maximum Gasteiger partial charge on any atom is 0.126 e. The van der Waals surface area contributed by atoms with Gasteiger partial charge in [0.05, 0.1) is 19.3 Å². The molecular weight excluding hydrogens is 310 g/mol. The summed E-state index contributed by atoms with van der Waals surface area (Å²) in [5.74, 6) is 0.989. The molecule has 0 radical (unpaired) electrons. The summed E-state index contributed by atoms with van der Waals surface area (Å²) >= 11 is 5.98. The molecule has 4 nitrogen and oxygen atoms in total. The van der Waals surface area contributed by atoms with Crippen molar-refractivity contribution in [2.24, 2.45) is 0 Å². The van der Waals surface area contributed by atoms with Gasteiger partial charge in [0.1, 0.15) is 5.82 Å². The fraction of sp³-hybridized carbons (Fsp3) is 0.500. The average Bonchev–Trinajstić information content (AvgIpc) is 3.00. The van der Waals surface area contributed by atoms with Crippen molar-refractivity contribution in [3.8, 4) is 0 Å². The van der Waals surface area contributed by atoms with E-state index in [1.165, 1.54) is 5.56 Å². The SMILES string of the molecule is CC(C)(C)c1cnc(C2COCCN2Cc2ccc(Cl)cc2)[nH]1. The topological polar surface area (TPSA) is 41.1 Å². The molecule has 1 aromatic heterocycles. The van der Waals surface area contributed by atoms with Crippen LogP contribution in [-0.2, 0) is 16.7 Å². The third-order valence-electron chi connectivity index (χ3n) is 4.26. The Bertz CT molecular complexity index is 645. The summed E-state index contributed by atoms with van der Waals surface area (Å²) < 4.78 is 5.70. The van der Waals surface area contributed by atoms with Crippen molar-refractivity contribution in [3.05, 3.63) is 52.6 Å². The first-order chi connectivity index (χ1) is 10.9. The lowest BCUT2D eigenvalue weighted by Crippen LogP contribution is -2.39. The number of morpholine rings is 1. The van der Waals surface area contributed by atoms with Crippen molar-refractivity contribution in [3.63, 3.8) is 0 Å². The molecule has 1 N–H and O–H groups in total. The van der Waals surface area contributed by atoms with Gasteiger partial charge in [-0.05, 0) is 17.7 Å². The Morgan fingerprint density at radius 2 is 2.04 bits per heavy atom. The van der Waals surface area contributed by atoms with Gasteiger partial charge in [-0.2, -0.15) is 0 Å². The molecule has 1 aromatic carbocycles. The highest BCUT2D eigenvalue weighted by Gasteiger charge is 2.28. The minimum Gasteiger partial charge on any atom is -0.378 e. The van der Waals surface area contributed by atoms with Gasteiger partial charge in [-0.3, -0.25) is 4.90 Å². The maximum absolute atomic E-state index is 5.98. The van der Waals surface area contributed by atoms with Crippen molar-refractivity contribution < 1.29 is 4.74 Å². The number of hydrogen-bond donors (Lipinski definition) is 1. The van der Waals surface area contributed by atoms with Crippen molar-refractivity contribution in [2.45, 2.75) is 38.8 Å². The van der Waals surface area contributed by atoms with E-state index >= 15 is 0 Å². The second kappa shape index (κ2) is 6.63. The number of nitrogens with one attached hydrogen (secondary N) is 1. The lowest BCUT2D eigenvalue weighted by molar-refractivity contribution is -0.0157. The summed E-state index contributed by atoms with van der Waals surface area (Å²) in [4.78, 5) is 10.5. The largest absolute Gasteiger partial charge is 0.378 e. The first-order valence-corrected chi connectivity index (χ1v) is 8.43. The predicted molar refractivity (Wildman–Crippen MR) is 92.7 cm³/mol. The number of imidazole rings is 1. The number of aromatic nitrogens is 2. The van der Waals surface area contributed by atoms with Crippen molar-refractivity contribution in [2.75, 3.05) is 19.8 Å². The van der Waals surface area contributed by atoms with Gasteiger partial charge in [0.15, 0.2) is 0 Å². The molecule has 1 aliphatic rings. The molecule has 0 amide bonds. The Kier molecular flexibility index (Phi) is 4.76. The number of benzene rings is 1. The van der Waals surface area contributed by atoms with Gasteiger partial charge in [-0.25, -0.2) is 4.98 Å². The third kappa shape index (κ3) is 3.94. The van der Waals surface area contributed by atoms with E-state index in [0.29, 0.717) is 6.61 Å². The summed E-state index contributed by atoms with van der Waals surface area (Å²) in [6, 6.07) is 8.21. The van der Waals surface area contributed by atoms with Crippen LogP contribution >= 0.6 is 11.6 Å². The van der Waals surface area contributed by atoms with Crippen LogP contribution in [0.4, 0.5) is 0 Å². The highest BCUT2D eigenvalue weighted by molar-refractivity contribution is 6.30. The van der Waals surface area contributed by atoms with Crippen LogP contribution in [0, 0.1) is 0 Å². The zero-order valence-corrected chi connectivity index (χ0v) is 14.7. The zero-order valence-electron chi connectivity index (χ0n) is 14.0. The molecule has 0 spiro atoms. The van der Waals surface area contributed by atoms with Crippen LogP contribution < -0.4 is 0 Å². The van der Waals surface area contributed by atoms with Crippen molar-refractivity contribution in [1.82, 2.24) is 14.9 Å². The molecule has 1 fully saturated rings. The van der Waals surface area contributed by atoms with Gasteiger partial charge >= 0.3 is 0 Å². The summed E-state index contributed by atoms with van der Waals surface area (Å²) in [5.41, 5.74) is 2.48. The summed E-state index contributed by atoms with van der Waals surface area (Å²) in [6.45, 7) is 9.77. The summed E-state index contributed by atoms with van der Waals surface area (Å²) in [5, 5.41) is 0.771. The van der Waals surface area contributed by atoms with Crippen molar-refractivity contribution >= 4 is 11.6 Å². The molecule has 124 valence electrons. The number of hydrogen-bond acceptors (Lipinski definition) is 3. The smallest absolute Gasteiger partial charge is 0.126 e. The van der Waals surface area contributed by atoms with E-state index < -0.39 is 0 Å². The standard InChI is InChI=1S/C18H24ClN3O/c1-18(2,3)16-10-20-17(21-16)15-12-23-9-8-22(15)11-13-4-6-14(19)7-5-13/h4-7,10,15H,8-9,11-12H2,1-3H3,(H,20,21). The molecule has 23 heavy (non-hydrogen) atoms. The molecule has 1 saturated heterocycles. The van der Waals surface area contributed by atoms with Gasteiger partial charge < -0.3 is 9.72 Å². The molecule has 0 aliphatic carbocycles. The van der Waals surface area contributed by atoms with Crippen LogP contribution in [0.3, 0.4) is 0 Å². The quantitative estimate of drug-likeness (QED) is 0.925. The van der Waals surface area contributed by atoms with E-state index in [1.807, 2.05) is 18.3 Å². The molecule has 2 heterocycles. The van der Waals surface area contributed by atoms with Gasteiger partial charge in [-0.1, -0.05) is 44.5 Å². The third-order valence-corrected chi connectivity index (χ3v) is 4.51. The predicted octanol–water partition coefficient (Wildman–Crippen LogP) is 3.93. The van der Waals surface area contributed by atoms with E-state index in [9.17, 15) is 0 Å². The number of H-pyrrole nitrogens is 1. The van der Waals surface area contributed by atoms with Gasteiger partial charge in [0.2, 0.25) is 0 Å². The number of aromatic amines is 1. The highest BCUT2D eigenvalue weighted by atomic mass is 35.5. The fourth-order valence-corrected chi connectivity index (χ4v) is 2.92. The van der Waals surface area contributed by atoms with Crippen LogP contribution in [0.5, 0.6) is 0 Å². The van der Waals surface area contributed by atoms with E-state index in [2.05, 4.69) is 47.8 Å². The minimum absolute atomic E-state index is 0.0712. The van der Waals surface area contributed by atoms with Gasteiger partial charge in [0, 0.05) is 35.4 Å². The summed E-state index contributed by atoms with van der Waals surface area (Å²) in [6.07, 6.45) is 1.95. The number of rotatable bonds is 3. The first-order valence-electron chi connectivity index (χ1n) is 8.05. The Balaban J connectivity index is 1.78. The molecule has 0 saturated carbocycles. The number of halogens is 1. The normalized spacial score (nSPS) is 19.9. The van der Waals surface area contributed by atoms with Crippen LogP contribution in [0.15, 0.2) is 30.5 Å². The molecule has 1 atom stereocenters. The van der Waals surface area contributed by atoms with Crippen LogP contribution in [0.1, 0.15) is 43.9 Å². The van der Waals surface area contributed by atoms with Crippen LogP contribution in [0.25, 0.3) is 0 Å². The van der Waals surface area contributed by atoms with Crippen LogP contribution in [-0.4, -0.2) is 34.6 Å². The first kappa shape index (κ1) is 16.5. The molecule has 1 aliphatic heterocycles. The Hall–Kier alpha value is -1.36. The molecule has 5 heteroatoms.